The molecule has 0 spiro atoms. The largest absolute Gasteiger partial charge is 0.490 e. The van der Waals surface area contributed by atoms with Gasteiger partial charge in [0.15, 0.2) is 23.1 Å². The summed E-state index contributed by atoms with van der Waals surface area (Å²) in [6.45, 7) is 11.4. The van der Waals surface area contributed by atoms with Crippen molar-refractivity contribution in [2.45, 2.75) is 49.7 Å². The van der Waals surface area contributed by atoms with Crippen molar-refractivity contribution in [3.8, 4) is 11.5 Å². The van der Waals surface area contributed by atoms with Gasteiger partial charge in [0.05, 0.1) is 23.4 Å². The van der Waals surface area contributed by atoms with E-state index in [1.54, 1.807) is 60.7 Å². The number of Topliss-reactive ketones (excluding diaryl/α,β-unsaturated/α-hetero) is 4. The topological polar surface area (TPSA) is 134 Å². The molecular formula is C52H52N2O8S2. The Kier molecular flexibility index (Phi) is 15.2. The maximum absolute atomic E-state index is 13.2. The molecule has 12 heteroatoms. The van der Waals surface area contributed by atoms with Crippen molar-refractivity contribution in [1.82, 2.24) is 0 Å². The van der Waals surface area contributed by atoms with E-state index in [4.69, 9.17) is 9.47 Å². The molecule has 2 aliphatic carbocycles. The third-order valence-corrected chi connectivity index (χ3v) is 13.5. The summed E-state index contributed by atoms with van der Waals surface area (Å²) in [6, 6.07) is 32.8. The minimum Gasteiger partial charge on any atom is -0.490 e. The third-order valence-electron chi connectivity index (χ3n) is 11.2. The molecule has 2 atom stereocenters. The predicted octanol–water partition coefficient (Wildman–Crippen LogP) is 9.37. The molecule has 330 valence electrons. The molecule has 0 heterocycles. The highest BCUT2D eigenvalue weighted by Crippen LogP contribution is 2.35. The SMILES string of the molecule is CCN(CC)c1ccc(C=C2C(=O)c3ccccc3C2=O)c(OCC(O)CSc2cccc(SCC(O)COc3cc(N(CC)CC)ccc3C=C3C(=O)c4ccccc4C3=O)c2)c1. The lowest BCUT2D eigenvalue weighted by molar-refractivity contribution is 0.0975. The van der Waals surface area contributed by atoms with Gasteiger partial charge in [0.25, 0.3) is 0 Å². The Hall–Kier alpha value is -5.92. The molecule has 0 saturated carbocycles. The smallest absolute Gasteiger partial charge is 0.197 e. The van der Waals surface area contributed by atoms with Crippen LogP contribution in [-0.2, 0) is 0 Å². The van der Waals surface area contributed by atoms with E-state index in [0.29, 0.717) is 56.4 Å². The standard InChI is InChI=1S/C52H52N2O8S2/c1-5-53(6-2)35-22-20-33(24-45-49(57)41-16-9-10-17-42(41)50(45)58)47(26-35)61-29-37(55)31-63-39-14-13-15-40(28-39)64-32-38(56)30-62-48-27-36(54(7-3)8-4)23-21-34(48)25-46-51(59)43-18-11-12-19-44(43)52(46)60/h9-28,37-38,55-56H,5-8,29-32H2,1-4H3. The van der Waals surface area contributed by atoms with Gasteiger partial charge in [0.2, 0.25) is 0 Å². The highest BCUT2D eigenvalue weighted by Gasteiger charge is 2.34. The zero-order valence-corrected chi connectivity index (χ0v) is 38.0. The third kappa shape index (κ3) is 10.4. The minimum atomic E-state index is -0.835. The van der Waals surface area contributed by atoms with E-state index in [9.17, 15) is 29.4 Å². The van der Waals surface area contributed by atoms with Crippen LogP contribution in [0, 0.1) is 0 Å². The average Bonchev–Trinajstić information content (AvgIpc) is 3.70. The van der Waals surface area contributed by atoms with Gasteiger partial charge in [-0.05, 0) is 82.3 Å². The molecule has 7 rings (SSSR count). The van der Waals surface area contributed by atoms with Crippen LogP contribution in [0.4, 0.5) is 11.4 Å². The molecule has 2 unspecified atom stereocenters. The number of hydrogen-bond acceptors (Lipinski definition) is 12. The van der Waals surface area contributed by atoms with Crippen LogP contribution in [0.3, 0.4) is 0 Å². The van der Waals surface area contributed by atoms with Gasteiger partial charge in [-0.1, -0.05) is 54.6 Å². The van der Waals surface area contributed by atoms with Crippen molar-refractivity contribution in [2.75, 3.05) is 60.7 Å². The van der Waals surface area contributed by atoms with E-state index in [2.05, 4.69) is 37.5 Å². The van der Waals surface area contributed by atoms with E-state index < -0.39 is 12.2 Å². The number of hydrogen-bond donors (Lipinski definition) is 2. The quantitative estimate of drug-likeness (QED) is 0.0438. The Morgan fingerprint density at radius 1 is 0.500 bits per heavy atom. The van der Waals surface area contributed by atoms with Crippen molar-refractivity contribution in [1.29, 1.82) is 0 Å². The van der Waals surface area contributed by atoms with Gasteiger partial charge in [-0.3, -0.25) is 19.2 Å². The lowest BCUT2D eigenvalue weighted by Crippen LogP contribution is -2.23. The Morgan fingerprint density at radius 2 is 0.859 bits per heavy atom. The molecule has 5 aromatic rings. The molecule has 0 amide bonds. The van der Waals surface area contributed by atoms with Gasteiger partial charge in [0.1, 0.15) is 24.7 Å². The van der Waals surface area contributed by atoms with Crippen LogP contribution in [0.25, 0.3) is 12.2 Å². The fourth-order valence-corrected chi connectivity index (χ4v) is 9.54. The number of carbonyl (C=O) groups is 4. The Bertz CT molecular complexity index is 2370. The number of allylic oxidation sites excluding steroid dienone is 2. The lowest BCUT2D eigenvalue weighted by atomic mass is 10.1. The Morgan fingerprint density at radius 3 is 1.20 bits per heavy atom. The number of aliphatic hydroxyl groups is 2. The Labute approximate surface area is 383 Å². The molecule has 0 bridgehead atoms. The first kappa shape index (κ1) is 46.1. The second-order valence-corrected chi connectivity index (χ2v) is 17.5. The van der Waals surface area contributed by atoms with Gasteiger partial charge in [-0.25, -0.2) is 0 Å². The summed E-state index contributed by atoms with van der Waals surface area (Å²) in [4.78, 5) is 59.0. The summed E-state index contributed by atoms with van der Waals surface area (Å²) < 4.78 is 12.4. The molecule has 64 heavy (non-hydrogen) atoms. The number of ether oxygens (including phenoxy) is 2. The summed E-state index contributed by atoms with van der Waals surface area (Å²) >= 11 is 2.96. The number of aliphatic hydroxyl groups excluding tert-OH is 2. The molecule has 0 aromatic heterocycles. The number of ketones is 4. The number of carbonyl (C=O) groups excluding carboxylic acids is 4. The van der Waals surface area contributed by atoms with Gasteiger partial charge in [0, 0.05) is 104 Å². The van der Waals surface area contributed by atoms with Gasteiger partial charge >= 0.3 is 0 Å². The van der Waals surface area contributed by atoms with Crippen molar-refractivity contribution in [3.63, 3.8) is 0 Å². The number of thioether (sulfide) groups is 2. The van der Waals surface area contributed by atoms with E-state index in [1.165, 1.54) is 23.5 Å². The number of rotatable bonds is 20. The fraction of sp³-hybridized carbons (Fsp3) is 0.269. The zero-order chi connectivity index (χ0) is 45.3. The van der Waals surface area contributed by atoms with Gasteiger partial charge < -0.3 is 29.5 Å². The van der Waals surface area contributed by atoms with Crippen molar-refractivity contribution in [3.05, 3.63) is 154 Å². The predicted molar refractivity (Wildman–Crippen MR) is 257 cm³/mol. The van der Waals surface area contributed by atoms with E-state index in [1.807, 2.05) is 60.7 Å². The lowest BCUT2D eigenvalue weighted by Gasteiger charge is -2.23. The summed E-state index contributed by atoms with van der Waals surface area (Å²) in [5.74, 6) is 0.357. The fourth-order valence-electron chi connectivity index (χ4n) is 7.73. The summed E-state index contributed by atoms with van der Waals surface area (Å²) in [6.07, 6.45) is 1.50. The second kappa shape index (κ2) is 21.2. The first-order chi connectivity index (χ1) is 31.0. The number of nitrogens with zero attached hydrogens (tertiary/aromatic N) is 2. The number of benzene rings is 5. The summed E-state index contributed by atoms with van der Waals surface area (Å²) in [5.41, 5.74) is 4.75. The molecule has 2 aliphatic rings. The zero-order valence-electron chi connectivity index (χ0n) is 36.4. The highest BCUT2D eigenvalue weighted by molar-refractivity contribution is 8.00. The minimum absolute atomic E-state index is 0.00939. The van der Waals surface area contributed by atoms with Crippen LogP contribution in [0.15, 0.2) is 130 Å². The van der Waals surface area contributed by atoms with Crippen molar-refractivity contribution < 1.29 is 38.9 Å². The molecule has 0 radical (unpaired) electrons. The molecule has 5 aromatic carbocycles. The molecular weight excluding hydrogens is 845 g/mol. The first-order valence-corrected chi connectivity index (χ1v) is 23.6. The first-order valence-electron chi connectivity index (χ1n) is 21.6. The monoisotopic (exact) mass is 896 g/mol. The molecule has 0 fully saturated rings. The average molecular weight is 897 g/mol. The molecule has 0 aliphatic heterocycles. The van der Waals surface area contributed by atoms with Gasteiger partial charge in [-0.2, -0.15) is 0 Å². The second-order valence-electron chi connectivity index (χ2n) is 15.3. The highest BCUT2D eigenvalue weighted by atomic mass is 32.2. The van der Waals surface area contributed by atoms with Crippen LogP contribution in [0.5, 0.6) is 11.5 Å². The number of fused-ring (bicyclic) bond motifs is 2. The van der Waals surface area contributed by atoms with Crippen LogP contribution in [0.2, 0.25) is 0 Å². The van der Waals surface area contributed by atoms with Crippen LogP contribution in [-0.4, -0.2) is 96.5 Å². The van der Waals surface area contributed by atoms with Crippen molar-refractivity contribution in [2.24, 2.45) is 0 Å². The number of anilines is 2. The van der Waals surface area contributed by atoms with Crippen LogP contribution >= 0.6 is 23.5 Å². The Balaban J connectivity index is 0.960. The van der Waals surface area contributed by atoms with E-state index in [0.717, 1.165) is 47.3 Å². The summed E-state index contributed by atoms with van der Waals surface area (Å²) in [5, 5.41) is 22.2. The molecule has 0 saturated heterocycles. The normalized spacial score (nSPS) is 14.0. The van der Waals surface area contributed by atoms with Gasteiger partial charge in [-0.15, -0.1) is 23.5 Å². The molecule has 2 N–H and O–H groups in total. The summed E-state index contributed by atoms with van der Waals surface area (Å²) in [7, 11) is 0. The maximum Gasteiger partial charge on any atom is 0.197 e. The van der Waals surface area contributed by atoms with Crippen LogP contribution < -0.4 is 19.3 Å². The maximum atomic E-state index is 13.2. The van der Waals surface area contributed by atoms with E-state index in [-0.39, 0.29) is 47.5 Å². The van der Waals surface area contributed by atoms with Crippen molar-refractivity contribution >= 4 is 70.2 Å². The van der Waals surface area contributed by atoms with E-state index >= 15 is 0 Å². The molecule has 10 nitrogen and oxygen atoms in total. The van der Waals surface area contributed by atoms with Crippen LogP contribution in [0.1, 0.15) is 80.3 Å².